The van der Waals surface area contributed by atoms with Crippen molar-refractivity contribution in [3.05, 3.63) is 0 Å². The number of hydrogen-bond donors (Lipinski definition) is 1. The van der Waals surface area contributed by atoms with E-state index < -0.39 is 5.60 Å². The molecule has 0 radical (unpaired) electrons. The van der Waals surface area contributed by atoms with E-state index in [0.29, 0.717) is 0 Å². The normalized spacial score (nSPS) is 20.3. The zero-order chi connectivity index (χ0) is 12.4. The lowest BCUT2D eigenvalue weighted by Gasteiger charge is -2.42. The third kappa shape index (κ3) is 3.37. The van der Waals surface area contributed by atoms with E-state index in [0.717, 1.165) is 25.9 Å². The Bertz CT molecular complexity index is 252. The number of nitrogens with zero attached hydrogens (tertiary/aromatic N) is 1. The van der Waals surface area contributed by atoms with Crippen molar-refractivity contribution < 1.29 is 9.53 Å². The molecule has 1 fully saturated rings. The van der Waals surface area contributed by atoms with Crippen molar-refractivity contribution in [3.63, 3.8) is 0 Å². The number of piperidine rings is 1. The Morgan fingerprint density at radius 3 is 2.25 bits per heavy atom. The number of nitrogens with one attached hydrogen (secondary N) is 1. The lowest BCUT2D eigenvalue weighted by atomic mass is 9.89. The maximum absolute atomic E-state index is 11.9. The van der Waals surface area contributed by atoms with Crippen molar-refractivity contribution in [2.45, 2.75) is 51.7 Å². The number of ether oxygens (including phenoxy) is 1. The first kappa shape index (κ1) is 13.3. The van der Waals surface area contributed by atoms with Crippen LogP contribution < -0.4 is 5.32 Å². The minimum Gasteiger partial charge on any atom is -0.444 e. The van der Waals surface area contributed by atoms with E-state index in [1.165, 1.54) is 0 Å². The van der Waals surface area contributed by atoms with E-state index in [9.17, 15) is 4.79 Å². The Morgan fingerprint density at radius 1 is 1.31 bits per heavy atom. The SMILES string of the molecule is CN(C(=O)OC(C)(C)C)C1(C)CCNCC1. The van der Waals surface area contributed by atoms with Gasteiger partial charge in [0.1, 0.15) is 5.60 Å². The Hall–Kier alpha value is -0.770. The predicted molar refractivity (Wildman–Crippen MR) is 64.5 cm³/mol. The van der Waals surface area contributed by atoms with E-state index in [-0.39, 0.29) is 11.6 Å². The minimum absolute atomic E-state index is 0.0758. The smallest absolute Gasteiger partial charge is 0.410 e. The Morgan fingerprint density at radius 2 is 1.81 bits per heavy atom. The standard InChI is InChI=1S/C12H24N2O2/c1-11(2,3)16-10(15)14(5)12(4)6-8-13-9-7-12/h13H,6-9H2,1-5H3. The summed E-state index contributed by atoms with van der Waals surface area (Å²) in [7, 11) is 1.83. The second-order valence-electron chi connectivity index (χ2n) is 5.79. The van der Waals surface area contributed by atoms with Crippen LogP contribution in [0.1, 0.15) is 40.5 Å². The molecule has 0 bridgehead atoms. The fourth-order valence-corrected chi connectivity index (χ4v) is 1.85. The van der Waals surface area contributed by atoms with Gasteiger partial charge in [-0.15, -0.1) is 0 Å². The molecule has 1 rings (SSSR count). The summed E-state index contributed by atoms with van der Waals surface area (Å²) in [5.41, 5.74) is -0.498. The number of amides is 1. The zero-order valence-corrected chi connectivity index (χ0v) is 11.1. The van der Waals surface area contributed by atoms with Crippen LogP contribution >= 0.6 is 0 Å². The van der Waals surface area contributed by atoms with Crippen molar-refractivity contribution in [1.29, 1.82) is 0 Å². The molecule has 16 heavy (non-hydrogen) atoms. The van der Waals surface area contributed by atoms with Gasteiger partial charge in [0.2, 0.25) is 0 Å². The maximum atomic E-state index is 11.9. The molecule has 0 aromatic heterocycles. The number of hydrogen-bond acceptors (Lipinski definition) is 3. The van der Waals surface area contributed by atoms with Crippen molar-refractivity contribution in [3.8, 4) is 0 Å². The summed E-state index contributed by atoms with van der Waals surface area (Å²) >= 11 is 0. The van der Waals surface area contributed by atoms with Crippen LogP contribution in [0.5, 0.6) is 0 Å². The number of carbonyl (C=O) groups excluding carboxylic acids is 1. The molecule has 94 valence electrons. The lowest BCUT2D eigenvalue weighted by molar-refractivity contribution is 0.00228. The highest BCUT2D eigenvalue weighted by atomic mass is 16.6. The minimum atomic E-state index is -0.422. The Labute approximate surface area is 98.3 Å². The van der Waals surface area contributed by atoms with Crippen LogP contribution in [0.2, 0.25) is 0 Å². The van der Waals surface area contributed by atoms with Gasteiger partial charge in [0.15, 0.2) is 0 Å². The van der Waals surface area contributed by atoms with Crippen molar-refractivity contribution in [1.82, 2.24) is 10.2 Å². The average Bonchev–Trinajstić information content (AvgIpc) is 2.15. The summed E-state index contributed by atoms with van der Waals surface area (Å²) in [6, 6.07) is 0. The highest BCUT2D eigenvalue weighted by molar-refractivity contribution is 5.68. The molecule has 4 nitrogen and oxygen atoms in total. The summed E-state index contributed by atoms with van der Waals surface area (Å²) in [5, 5.41) is 3.30. The maximum Gasteiger partial charge on any atom is 0.410 e. The molecule has 1 saturated heterocycles. The topological polar surface area (TPSA) is 41.6 Å². The summed E-state index contributed by atoms with van der Waals surface area (Å²) in [4.78, 5) is 13.7. The quantitative estimate of drug-likeness (QED) is 0.746. The fourth-order valence-electron chi connectivity index (χ4n) is 1.85. The molecular formula is C12H24N2O2. The average molecular weight is 228 g/mol. The summed E-state index contributed by atoms with van der Waals surface area (Å²) in [6.07, 6.45) is 1.72. The predicted octanol–water partition coefficient (Wildman–Crippen LogP) is 2.00. The molecule has 0 unspecified atom stereocenters. The molecular weight excluding hydrogens is 204 g/mol. The molecule has 1 heterocycles. The number of rotatable bonds is 1. The second kappa shape index (κ2) is 4.62. The van der Waals surface area contributed by atoms with Gasteiger partial charge in [0.25, 0.3) is 0 Å². The van der Waals surface area contributed by atoms with Crippen LogP contribution in [0.25, 0.3) is 0 Å². The van der Waals surface area contributed by atoms with E-state index >= 15 is 0 Å². The van der Waals surface area contributed by atoms with Gasteiger partial charge in [-0.1, -0.05) is 0 Å². The fraction of sp³-hybridized carbons (Fsp3) is 0.917. The first-order chi connectivity index (χ1) is 7.25. The molecule has 0 spiro atoms. The molecule has 0 aromatic rings. The van der Waals surface area contributed by atoms with Crippen LogP contribution in [-0.2, 0) is 4.74 Å². The van der Waals surface area contributed by atoms with Crippen LogP contribution in [0, 0.1) is 0 Å². The Balaban J connectivity index is 2.61. The van der Waals surface area contributed by atoms with Crippen LogP contribution in [-0.4, -0.2) is 42.3 Å². The monoisotopic (exact) mass is 228 g/mol. The molecule has 4 heteroatoms. The molecule has 1 amide bonds. The molecule has 0 aliphatic carbocycles. The van der Waals surface area contributed by atoms with Gasteiger partial charge in [-0.2, -0.15) is 0 Å². The van der Waals surface area contributed by atoms with Crippen LogP contribution in [0.3, 0.4) is 0 Å². The lowest BCUT2D eigenvalue weighted by Crippen LogP contribution is -2.54. The van der Waals surface area contributed by atoms with Gasteiger partial charge < -0.3 is 15.0 Å². The van der Waals surface area contributed by atoms with E-state index in [1.54, 1.807) is 4.90 Å². The van der Waals surface area contributed by atoms with Gasteiger partial charge in [0, 0.05) is 12.6 Å². The van der Waals surface area contributed by atoms with Crippen LogP contribution in [0.4, 0.5) is 4.79 Å². The van der Waals surface area contributed by atoms with Gasteiger partial charge >= 0.3 is 6.09 Å². The third-order valence-corrected chi connectivity index (χ3v) is 3.16. The first-order valence-corrected chi connectivity index (χ1v) is 5.92. The van der Waals surface area contributed by atoms with E-state index in [2.05, 4.69) is 12.2 Å². The van der Waals surface area contributed by atoms with Crippen molar-refractivity contribution in [2.75, 3.05) is 20.1 Å². The largest absolute Gasteiger partial charge is 0.444 e. The highest BCUT2D eigenvalue weighted by Gasteiger charge is 2.35. The van der Waals surface area contributed by atoms with Gasteiger partial charge in [-0.05, 0) is 53.6 Å². The van der Waals surface area contributed by atoms with Crippen molar-refractivity contribution >= 4 is 6.09 Å². The summed E-state index contributed by atoms with van der Waals surface area (Å²) < 4.78 is 5.38. The Kier molecular flexibility index (Phi) is 3.84. The molecule has 1 aliphatic heterocycles. The second-order valence-corrected chi connectivity index (χ2v) is 5.79. The molecule has 0 saturated carbocycles. The molecule has 0 atom stereocenters. The van der Waals surface area contributed by atoms with E-state index in [1.807, 2.05) is 27.8 Å². The molecule has 1 aliphatic rings. The zero-order valence-electron chi connectivity index (χ0n) is 11.1. The summed E-state index contributed by atoms with van der Waals surface area (Å²) in [6.45, 7) is 9.72. The van der Waals surface area contributed by atoms with Crippen LogP contribution in [0.15, 0.2) is 0 Å². The molecule has 1 N–H and O–H groups in total. The molecule has 0 aromatic carbocycles. The van der Waals surface area contributed by atoms with Gasteiger partial charge in [-0.25, -0.2) is 4.79 Å². The van der Waals surface area contributed by atoms with Gasteiger partial charge in [0.05, 0.1) is 0 Å². The van der Waals surface area contributed by atoms with Gasteiger partial charge in [-0.3, -0.25) is 0 Å². The summed E-state index contributed by atoms with van der Waals surface area (Å²) in [5.74, 6) is 0. The van der Waals surface area contributed by atoms with Crippen molar-refractivity contribution in [2.24, 2.45) is 0 Å². The number of carbonyl (C=O) groups is 1. The van der Waals surface area contributed by atoms with E-state index in [4.69, 9.17) is 4.74 Å². The third-order valence-electron chi connectivity index (χ3n) is 3.16. The highest BCUT2D eigenvalue weighted by Crippen LogP contribution is 2.25. The first-order valence-electron chi connectivity index (χ1n) is 5.92.